The summed E-state index contributed by atoms with van der Waals surface area (Å²) < 4.78 is 5.53. The summed E-state index contributed by atoms with van der Waals surface area (Å²) in [7, 11) is 0. The van der Waals surface area contributed by atoms with Gasteiger partial charge in [-0.25, -0.2) is 0 Å². The van der Waals surface area contributed by atoms with Crippen molar-refractivity contribution in [3.05, 3.63) is 12.2 Å². The van der Waals surface area contributed by atoms with Crippen LogP contribution in [0.25, 0.3) is 0 Å². The second-order valence-electron chi connectivity index (χ2n) is 4.25. The Kier molecular flexibility index (Phi) is 2.70. The third kappa shape index (κ3) is 1.88. The molecule has 0 N–H and O–H groups in total. The Bertz CT molecular complexity index is 262. The fraction of sp³-hybridized carbons (Fsp3) is 0.727. The van der Waals surface area contributed by atoms with Gasteiger partial charge in [0, 0.05) is 18.6 Å². The molecular formula is C11H17NO2. The highest BCUT2D eigenvalue weighted by atomic mass is 16.5. The number of carbonyl (C=O) groups is 1. The number of likely N-dealkylation sites (tertiary alicyclic amines) is 1. The molecule has 0 aromatic carbocycles. The van der Waals surface area contributed by atoms with Gasteiger partial charge in [0.25, 0.3) is 0 Å². The van der Waals surface area contributed by atoms with Crippen LogP contribution >= 0.6 is 0 Å². The number of hydrogen-bond donors (Lipinski definition) is 0. The molecule has 2 heterocycles. The first-order chi connectivity index (χ1) is 6.66. The Hall–Kier alpha value is -0.670. The quantitative estimate of drug-likeness (QED) is 0.629. The molecule has 0 aromatic rings. The lowest BCUT2D eigenvalue weighted by Gasteiger charge is -2.30. The molecule has 78 valence electrons. The lowest BCUT2D eigenvalue weighted by atomic mass is 10.2. The molecule has 0 spiro atoms. The van der Waals surface area contributed by atoms with Crippen LogP contribution in [0.3, 0.4) is 0 Å². The first-order valence-corrected chi connectivity index (χ1v) is 5.23. The van der Waals surface area contributed by atoms with Crippen molar-refractivity contribution < 1.29 is 9.53 Å². The Labute approximate surface area is 84.7 Å². The van der Waals surface area contributed by atoms with Gasteiger partial charge in [0.1, 0.15) is 0 Å². The third-order valence-corrected chi connectivity index (χ3v) is 3.08. The number of fused-ring (bicyclic) bond motifs is 2. The summed E-state index contributed by atoms with van der Waals surface area (Å²) in [6, 6.07) is 0.935. The SMILES string of the molecule is CC(=O)/C=C/[C@H](C)N1CC2CC1CO2. The van der Waals surface area contributed by atoms with E-state index in [-0.39, 0.29) is 5.78 Å². The largest absolute Gasteiger partial charge is 0.375 e. The van der Waals surface area contributed by atoms with E-state index in [1.54, 1.807) is 13.0 Å². The van der Waals surface area contributed by atoms with Crippen LogP contribution in [0.2, 0.25) is 0 Å². The minimum Gasteiger partial charge on any atom is -0.375 e. The molecule has 0 saturated carbocycles. The number of allylic oxidation sites excluding steroid dienone is 1. The molecule has 14 heavy (non-hydrogen) atoms. The maximum atomic E-state index is 10.8. The molecule has 2 aliphatic rings. The van der Waals surface area contributed by atoms with Crippen molar-refractivity contribution in [3.8, 4) is 0 Å². The zero-order valence-corrected chi connectivity index (χ0v) is 8.77. The van der Waals surface area contributed by atoms with Crippen LogP contribution in [0.4, 0.5) is 0 Å². The highest BCUT2D eigenvalue weighted by Crippen LogP contribution is 2.29. The van der Waals surface area contributed by atoms with E-state index in [1.807, 2.05) is 6.08 Å². The molecule has 2 rings (SSSR count). The summed E-state index contributed by atoms with van der Waals surface area (Å²) in [6.45, 7) is 5.61. The van der Waals surface area contributed by atoms with Crippen LogP contribution in [-0.2, 0) is 9.53 Å². The number of morpholine rings is 1. The van der Waals surface area contributed by atoms with Crippen LogP contribution in [0, 0.1) is 0 Å². The lowest BCUT2D eigenvalue weighted by molar-refractivity contribution is -0.112. The van der Waals surface area contributed by atoms with Crippen LogP contribution < -0.4 is 0 Å². The van der Waals surface area contributed by atoms with Gasteiger partial charge in [-0.2, -0.15) is 0 Å². The van der Waals surface area contributed by atoms with Crippen molar-refractivity contribution in [1.82, 2.24) is 4.90 Å². The zero-order chi connectivity index (χ0) is 10.1. The monoisotopic (exact) mass is 195 g/mol. The van der Waals surface area contributed by atoms with E-state index in [0.717, 1.165) is 19.6 Å². The summed E-state index contributed by atoms with van der Waals surface area (Å²) in [5.41, 5.74) is 0. The van der Waals surface area contributed by atoms with Gasteiger partial charge in [-0.3, -0.25) is 9.69 Å². The highest BCUT2D eigenvalue weighted by molar-refractivity contribution is 5.87. The zero-order valence-electron chi connectivity index (χ0n) is 8.77. The number of carbonyl (C=O) groups excluding carboxylic acids is 1. The van der Waals surface area contributed by atoms with E-state index in [4.69, 9.17) is 4.74 Å². The fourth-order valence-electron chi connectivity index (χ4n) is 2.31. The smallest absolute Gasteiger partial charge is 0.152 e. The number of ketones is 1. The predicted octanol–water partition coefficient (Wildman–Crippen LogP) is 0.993. The number of hydrogen-bond acceptors (Lipinski definition) is 3. The normalized spacial score (nSPS) is 34.1. The van der Waals surface area contributed by atoms with Crippen LogP contribution in [0.15, 0.2) is 12.2 Å². The molecule has 0 amide bonds. The van der Waals surface area contributed by atoms with Crippen LogP contribution in [0.1, 0.15) is 20.3 Å². The van der Waals surface area contributed by atoms with Gasteiger partial charge in [-0.15, -0.1) is 0 Å². The number of rotatable bonds is 3. The number of nitrogens with zero attached hydrogens (tertiary/aromatic N) is 1. The van der Waals surface area contributed by atoms with E-state index < -0.39 is 0 Å². The van der Waals surface area contributed by atoms with Crippen molar-refractivity contribution in [2.75, 3.05) is 13.2 Å². The van der Waals surface area contributed by atoms with Gasteiger partial charge >= 0.3 is 0 Å². The first kappa shape index (κ1) is 9.87. The van der Waals surface area contributed by atoms with E-state index in [2.05, 4.69) is 11.8 Å². The maximum absolute atomic E-state index is 10.8. The van der Waals surface area contributed by atoms with Gasteiger partial charge in [0.15, 0.2) is 5.78 Å². The summed E-state index contributed by atoms with van der Waals surface area (Å²) in [4.78, 5) is 13.2. The molecule has 3 heteroatoms. The van der Waals surface area contributed by atoms with Gasteiger partial charge in [0.05, 0.1) is 12.7 Å². The van der Waals surface area contributed by atoms with Gasteiger partial charge < -0.3 is 4.74 Å². The summed E-state index contributed by atoms with van der Waals surface area (Å²) >= 11 is 0. The van der Waals surface area contributed by atoms with Crippen molar-refractivity contribution >= 4 is 5.78 Å². The predicted molar refractivity (Wildman–Crippen MR) is 54.1 cm³/mol. The second kappa shape index (κ2) is 3.83. The second-order valence-corrected chi connectivity index (χ2v) is 4.25. The minimum atomic E-state index is 0.123. The molecular weight excluding hydrogens is 178 g/mol. The molecule has 0 aliphatic carbocycles. The van der Waals surface area contributed by atoms with Crippen molar-refractivity contribution in [2.24, 2.45) is 0 Å². The average molecular weight is 195 g/mol. The number of ether oxygens (including phenoxy) is 1. The Morgan fingerprint density at radius 1 is 1.64 bits per heavy atom. The standard InChI is InChI=1S/C11H17NO2/c1-8(3-4-9(2)13)12-6-11-5-10(12)7-14-11/h3-4,8,10-11H,5-7H2,1-2H3/b4-3+/t8-,10?,11?/m0/s1. The first-order valence-electron chi connectivity index (χ1n) is 5.23. The Morgan fingerprint density at radius 3 is 2.93 bits per heavy atom. The average Bonchev–Trinajstić information content (AvgIpc) is 2.74. The molecule has 2 unspecified atom stereocenters. The van der Waals surface area contributed by atoms with Crippen molar-refractivity contribution in [1.29, 1.82) is 0 Å². The van der Waals surface area contributed by atoms with Crippen molar-refractivity contribution in [2.45, 2.75) is 38.5 Å². The highest BCUT2D eigenvalue weighted by Gasteiger charge is 2.40. The molecule has 2 bridgehead atoms. The summed E-state index contributed by atoms with van der Waals surface area (Å²) in [6.07, 6.45) is 5.26. The van der Waals surface area contributed by atoms with Gasteiger partial charge in [-0.05, 0) is 26.3 Å². The summed E-state index contributed by atoms with van der Waals surface area (Å²) in [5.74, 6) is 0.123. The van der Waals surface area contributed by atoms with Crippen molar-refractivity contribution in [3.63, 3.8) is 0 Å². The minimum absolute atomic E-state index is 0.123. The van der Waals surface area contributed by atoms with Crippen LogP contribution in [0.5, 0.6) is 0 Å². The summed E-state index contributed by atoms with van der Waals surface area (Å²) in [5, 5.41) is 0. The molecule has 0 aromatic heterocycles. The molecule has 2 saturated heterocycles. The van der Waals surface area contributed by atoms with Gasteiger partial charge in [-0.1, -0.05) is 6.08 Å². The van der Waals surface area contributed by atoms with E-state index in [1.165, 1.54) is 0 Å². The molecule has 2 fully saturated rings. The lowest BCUT2D eigenvalue weighted by Crippen LogP contribution is -2.42. The maximum Gasteiger partial charge on any atom is 0.152 e. The molecule has 0 radical (unpaired) electrons. The van der Waals surface area contributed by atoms with E-state index in [9.17, 15) is 4.79 Å². The fourth-order valence-corrected chi connectivity index (χ4v) is 2.31. The van der Waals surface area contributed by atoms with Gasteiger partial charge in [0.2, 0.25) is 0 Å². The Balaban J connectivity index is 1.92. The molecule has 2 aliphatic heterocycles. The van der Waals surface area contributed by atoms with Crippen LogP contribution in [-0.4, -0.2) is 42.0 Å². The molecule has 3 atom stereocenters. The molecule has 3 nitrogen and oxygen atoms in total. The Morgan fingerprint density at radius 2 is 2.43 bits per heavy atom. The van der Waals surface area contributed by atoms with E-state index in [0.29, 0.717) is 18.2 Å². The van der Waals surface area contributed by atoms with E-state index >= 15 is 0 Å². The third-order valence-electron chi connectivity index (χ3n) is 3.08. The topological polar surface area (TPSA) is 29.5 Å².